The molecule has 3 rings (SSSR count). The monoisotopic (exact) mass is 360 g/mol. The quantitative estimate of drug-likeness (QED) is 0.841. The zero-order chi connectivity index (χ0) is 18.5. The minimum Gasteiger partial charge on any atom is -0.497 e. The van der Waals surface area contributed by atoms with E-state index in [1.54, 1.807) is 37.1 Å². The SMILES string of the molecule is COc1ccc(C(=O)N2CCCC[C@H]2c2nc(C)no2)c(OCCN)c1. The van der Waals surface area contributed by atoms with Crippen molar-refractivity contribution in [1.29, 1.82) is 0 Å². The van der Waals surface area contributed by atoms with Gasteiger partial charge in [-0.3, -0.25) is 4.79 Å². The number of ether oxygens (including phenoxy) is 2. The van der Waals surface area contributed by atoms with Crippen molar-refractivity contribution in [3.05, 3.63) is 35.5 Å². The molecular formula is C18H24N4O4. The van der Waals surface area contributed by atoms with Crippen LogP contribution >= 0.6 is 0 Å². The van der Waals surface area contributed by atoms with Crippen LogP contribution in [-0.4, -0.2) is 47.8 Å². The van der Waals surface area contributed by atoms with Gasteiger partial charge in [-0.05, 0) is 38.3 Å². The highest BCUT2D eigenvalue weighted by Gasteiger charge is 2.33. The predicted octanol–water partition coefficient (Wildman–Crippen LogP) is 2.09. The van der Waals surface area contributed by atoms with E-state index in [-0.39, 0.29) is 11.9 Å². The predicted molar refractivity (Wildman–Crippen MR) is 94.2 cm³/mol. The van der Waals surface area contributed by atoms with Gasteiger partial charge in [0.25, 0.3) is 5.91 Å². The Morgan fingerprint density at radius 2 is 2.27 bits per heavy atom. The summed E-state index contributed by atoms with van der Waals surface area (Å²) in [5, 5.41) is 3.86. The highest BCUT2D eigenvalue weighted by molar-refractivity contribution is 5.97. The largest absolute Gasteiger partial charge is 0.497 e. The van der Waals surface area contributed by atoms with E-state index >= 15 is 0 Å². The number of aromatic nitrogens is 2. The lowest BCUT2D eigenvalue weighted by Gasteiger charge is -2.33. The first kappa shape index (κ1) is 18.2. The van der Waals surface area contributed by atoms with E-state index in [4.69, 9.17) is 19.7 Å². The first-order chi connectivity index (χ1) is 12.6. The molecule has 1 aromatic carbocycles. The van der Waals surface area contributed by atoms with Crippen molar-refractivity contribution >= 4 is 5.91 Å². The molecule has 1 amide bonds. The number of likely N-dealkylation sites (tertiary alicyclic amines) is 1. The molecule has 0 bridgehead atoms. The molecule has 140 valence electrons. The summed E-state index contributed by atoms with van der Waals surface area (Å²) in [6.45, 7) is 3.08. The topological polar surface area (TPSA) is 104 Å². The van der Waals surface area contributed by atoms with Crippen LogP contribution in [-0.2, 0) is 0 Å². The van der Waals surface area contributed by atoms with Crippen LogP contribution in [0.5, 0.6) is 11.5 Å². The van der Waals surface area contributed by atoms with Gasteiger partial charge in [-0.2, -0.15) is 4.98 Å². The molecule has 0 saturated carbocycles. The Balaban J connectivity index is 1.90. The first-order valence-corrected chi connectivity index (χ1v) is 8.76. The summed E-state index contributed by atoms with van der Waals surface area (Å²) in [5.41, 5.74) is 6.01. The van der Waals surface area contributed by atoms with Gasteiger partial charge in [0.1, 0.15) is 24.1 Å². The summed E-state index contributed by atoms with van der Waals surface area (Å²) in [6.07, 6.45) is 2.74. The standard InChI is InChI=1S/C18H24N4O4/c1-12-20-17(26-21-12)15-5-3-4-9-22(15)18(23)14-7-6-13(24-2)11-16(14)25-10-8-19/h6-7,11,15H,3-5,8-10,19H2,1-2H3/t15-/m0/s1. The smallest absolute Gasteiger partial charge is 0.258 e. The average molecular weight is 360 g/mol. The Bertz CT molecular complexity index is 761. The minimum absolute atomic E-state index is 0.125. The normalized spacial score (nSPS) is 17.2. The van der Waals surface area contributed by atoms with Crippen LogP contribution in [0.4, 0.5) is 0 Å². The molecule has 2 N–H and O–H groups in total. The number of nitrogens with two attached hydrogens (primary N) is 1. The van der Waals surface area contributed by atoms with Crippen molar-refractivity contribution in [3.8, 4) is 11.5 Å². The number of piperidine rings is 1. The van der Waals surface area contributed by atoms with Crippen LogP contribution in [0.3, 0.4) is 0 Å². The van der Waals surface area contributed by atoms with E-state index in [9.17, 15) is 4.79 Å². The fourth-order valence-corrected chi connectivity index (χ4v) is 3.13. The number of rotatable bonds is 6. The van der Waals surface area contributed by atoms with Gasteiger partial charge >= 0.3 is 0 Å². The maximum Gasteiger partial charge on any atom is 0.258 e. The molecule has 2 heterocycles. The Morgan fingerprint density at radius 1 is 1.42 bits per heavy atom. The summed E-state index contributed by atoms with van der Waals surface area (Å²) < 4.78 is 16.2. The van der Waals surface area contributed by atoms with Crippen molar-refractivity contribution < 1.29 is 18.8 Å². The molecule has 1 fully saturated rings. The van der Waals surface area contributed by atoms with Crippen molar-refractivity contribution in [2.45, 2.75) is 32.2 Å². The van der Waals surface area contributed by atoms with Crippen molar-refractivity contribution in [2.24, 2.45) is 5.73 Å². The van der Waals surface area contributed by atoms with Crippen LogP contribution in [0.1, 0.15) is 47.4 Å². The van der Waals surface area contributed by atoms with Gasteiger partial charge in [0.2, 0.25) is 5.89 Å². The molecule has 1 aliphatic heterocycles. The second kappa shape index (κ2) is 8.18. The molecule has 0 radical (unpaired) electrons. The molecule has 1 atom stereocenters. The van der Waals surface area contributed by atoms with E-state index < -0.39 is 0 Å². The van der Waals surface area contributed by atoms with Crippen LogP contribution < -0.4 is 15.2 Å². The number of methoxy groups -OCH3 is 1. The fraction of sp³-hybridized carbons (Fsp3) is 0.500. The summed E-state index contributed by atoms with van der Waals surface area (Å²) in [5.74, 6) is 2.00. The van der Waals surface area contributed by atoms with Gasteiger partial charge in [-0.1, -0.05) is 5.16 Å². The second-order valence-electron chi connectivity index (χ2n) is 6.19. The van der Waals surface area contributed by atoms with E-state index in [1.807, 2.05) is 0 Å². The second-order valence-corrected chi connectivity index (χ2v) is 6.19. The zero-order valence-corrected chi connectivity index (χ0v) is 15.1. The van der Waals surface area contributed by atoms with E-state index in [1.165, 1.54) is 0 Å². The minimum atomic E-state index is -0.220. The van der Waals surface area contributed by atoms with Gasteiger partial charge in [0.15, 0.2) is 5.82 Å². The average Bonchev–Trinajstić information content (AvgIpc) is 3.11. The van der Waals surface area contributed by atoms with Crippen LogP contribution in [0.2, 0.25) is 0 Å². The number of hydrogen-bond acceptors (Lipinski definition) is 7. The Labute approximate surface area is 152 Å². The lowest BCUT2D eigenvalue weighted by molar-refractivity contribution is 0.0557. The number of nitrogens with zero attached hydrogens (tertiary/aromatic N) is 3. The molecule has 2 aromatic rings. The lowest BCUT2D eigenvalue weighted by atomic mass is 10.00. The third-order valence-corrected chi connectivity index (χ3v) is 4.39. The van der Waals surface area contributed by atoms with Crippen LogP contribution in [0.25, 0.3) is 0 Å². The van der Waals surface area contributed by atoms with Crippen molar-refractivity contribution in [1.82, 2.24) is 15.0 Å². The maximum atomic E-state index is 13.3. The molecule has 1 aliphatic rings. The molecular weight excluding hydrogens is 336 g/mol. The van der Waals surface area contributed by atoms with Crippen LogP contribution in [0, 0.1) is 6.92 Å². The Kier molecular flexibility index (Phi) is 5.72. The molecule has 0 aliphatic carbocycles. The van der Waals surface area contributed by atoms with Crippen LogP contribution in [0.15, 0.2) is 22.7 Å². The van der Waals surface area contributed by atoms with E-state index in [0.717, 1.165) is 19.3 Å². The van der Waals surface area contributed by atoms with Gasteiger partial charge in [-0.25, -0.2) is 0 Å². The molecule has 1 saturated heterocycles. The van der Waals surface area contributed by atoms with Gasteiger partial charge in [-0.15, -0.1) is 0 Å². The number of aryl methyl sites for hydroxylation is 1. The third kappa shape index (κ3) is 3.80. The molecule has 8 nitrogen and oxygen atoms in total. The number of carbonyl (C=O) groups excluding carboxylic acids is 1. The molecule has 0 spiro atoms. The Hall–Kier alpha value is -2.61. The summed E-state index contributed by atoms with van der Waals surface area (Å²) in [7, 11) is 1.57. The molecule has 0 unspecified atom stereocenters. The molecule has 1 aromatic heterocycles. The van der Waals surface area contributed by atoms with Gasteiger partial charge in [0.05, 0.1) is 12.7 Å². The van der Waals surface area contributed by atoms with Gasteiger partial charge < -0.3 is 24.6 Å². The lowest BCUT2D eigenvalue weighted by Crippen LogP contribution is -2.39. The highest BCUT2D eigenvalue weighted by atomic mass is 16.5. The maximum absolute atomic E-state index is 13.3. The van der Waals surface area contributed by atoms with E-state index in [0.29, 0.717) is 48.5 Å². The number of benzene rings is 1. The Morgan fingerprint density at radius 3 is 2.96 bits per heavy atom. The number of hydrogen-bond donors (Lipinski definition) is 1. The zero-order valence-electron chi connectivity index (χ0n) is 15.1. The number of amides is 1. The first-order valence-electron chi connectivity index (χ1n) is 8.76. The highest BCUT2D eigenvalue weighted by Crippen LogP contribution is 2.34. The third-order valence-electron chi connectivity index (χ3n) is 4.39. The fourth-order valence-electron chi connectivity index (χ4n) is 3.13. The summed E-state index contributed by atoms with van der Waals surface area (Å²) >= 11 is 0. The molecule has 8 heteroatoms. The van der Waals surface area contributed by atoms with Crippen molar-refractivity contribution in [2.75, 3.05) is 26.8 Å². The van der Waals surface area contributed by atoms with Crippen molar-refractivity contribution in [3.63, 3.8) is 0 Å². The number of carbonyl (C=O) groups is 1. The van der Waals surface area contributed by atoms with Gasteiger partial charge in [0, 0.05) is 19.2 Å². The molecule has 26 heavy (non-hydrogen) atoms. The summed E-state index contributed by atoms with van der Waals surface area (Å²) in [4.78, 5) is 19.4. The van der Waals surface area contributed by atoms with E-state index in [2.05, 4.69) is 10.1 Å². The summed E-state index contributed by atoms with van der Waals surface area (Å²) in [6, 6.07) is 4.95.